The minimum Gasteiger partial charge on any atom is -0.364 e. The first-order valence-electron chi connectivity index (χ1n) is 5.66. The maximum atomic E-state index is 4.40. The maximum Gasteiger partial charge on any atom is 0.0573 e. The number of rotatable bonds is 5. The normalized spacial score (nSPS) is 10.6. The Morgan fingerprint density at radius 2 is 2.19 bits per heavy atom. The summed E-state index contributed by atoms with van der Waals surface area (Å²) >= 11 is 0. The Morgan fingerprint density at radius 3 is 2.94 bits per heavy atom. The van der Waals surface area contributed by atoms with Crippen LogP contribution in [-0.2, 0) is 19.5 Å². The number of H-pyrrole nitrogens is 1. The third-order valence-electron chi connectivity index (χ3n) is 2.64. The third-order valence-corrected chi connectivity index (χ3v) is 2.64. The van der Waals surface area contributed by atoms with Gasteiger partial charge in [-0.05, 0) is 30.2 Å². The molecule has 0 radical (unpaired) electrons. The smallest absolute Gasteiger partial charge is 0.0573 e. The number of aromatic amines is 1. The van der Waals surface area contributed by atoms with Crippen molar-refractivity contribution in [2.24, 2.45) is 0 Å². The summed E-state index contributed by atoms with van der Waals surface area (Å²) in [5.74, 6) is 0. The molecule has 0 aliphatic carbocycles. The Balaban J connectivity index is 1.89. The van der Waals surface area contributed by atoms with E-state index in [9.17, 15) is 0 Å². The zero-order valence-corrected chi connectivity index (χ0v) is 9.53. The summed E-state index contributed by atoms with van der Waals surface area (Å²) < 4.78 is 0. The van der Waals surface area contributed by atoms with Gasteiger partial charge in [-0.3, -0.25) is 4.98 Å². The van der Waals surface area contributed by atoms with Crippen molar-refractivity contribution in [2.75, 3.05) is 0 Å². The molecule has 0 atom stereocenters. The maximum absolute atomic E-state index is 4.40. The van der Waals surface area contributed by atoms with Gasteiger partial charge in [-0.25, -0.2) is 0 Å². The van der Waals surface area contributed by atoms with E-state index in [4.69, 9.17) is 0 Å². The van der Waals surface area contributed by atoms with Gasteiger partial charge in [0.25, 0.3) is 0 Å². The highest BCUT2D eigenvalue weighted by Gasteiger charge is 2.00. The van der Waals surface area contributed by atoms with Crippen molar-refractivity contribution >= 4 is 0 Å². The van der Waals surface area contributed by atoms with Crippen LogP contribution in [0.2, 0.25) is 0 Å². The Morgan fingerprint density at radius 1 is 1.25 bits per heavy atom. The first-order valence-corrected chi connectivity index (χ1v) is 5.66. The summed E-state index contributed by atoms with van der Waals surface area (Å²) in [4.78, 5) is 7.56. The van der Waals surface area contributed by atoms with E-state index in [1.807, 2.05) is 24.5 Å². The minimum atomic E-state index is 0.822. The standard InChI is InChI=1S/C13H17N3/c1-2-11-5-3-8-16-13(11)10-14-9-12-6-4-7-15-12/h3-8,14-15H,2,9-10H2,1H3. The lowest BCUT2D eigenvalue weighted by Gasteiger charge is -2.07. The average molecular weight is 215 g/mol. The Kier molecular flexibility index (Phi) is 3.72. The lowest BCUT2D eigenvalue weighted by atomic mass is 10.1. The predicted molar refractivity (Wildman–Crippen MR) is 65.0 cm³/mol. The molecule has 0 aromatic carbocycles. The zero-order valence-electron chi connectivity index (χ0n) is 9.53. The first-order chi connectivity index (χ1) is 7.90. The second kappa shape index (κ2) is 5.47. The molecule has 2 N–H and O–H groups in total. The van der Waals surface area contributed by atoms with Crippen LogP contribution < -0.4 is 5.32 Å². The second-order valence-corrected chi connectivity index (χ2v) is 3.76. The molecule has 2 rings (SSSR count). The van der Waals surface area contributed by atoms with Crippen LogP contribution in [0.4, 0.5) is 0 Å². The molecule has 2 aromatic rings. The highest BCUT2D eigenvalue weighted by atomic mass is 14.9. The van der Waals surface area contributed by atoms with Crippen molar-refractivity contribution in [1.82, 2.24) is 15.3 Å². The number of pyridine rings is 1. The first kappa shape index (κ1) is 10.9. The van der Waals surface area contributed by atoms with Gasteiger partial charge >= 0.3 is 0 Å². The van der Waals surface area contributed by atoms with Crippen molar-refractivity contribution in [1.29, 1.82) is 0 Å². The molecule has 0 fully saturated rings. The van der Waals surface area contributed by atoms with Crippen LogP contribution in [0.5, 0.6) is 0 Å². The fraction of sp³-hybridized carbons (Fsp3) is 0.308. The van der Waals surface area contributed by atoms with Crippen molar-refractivity contribution in [2.45, 2.75) is 26.4 Å². The van der Waals surface area contributed by atoms with Crippen LogP contribution in [0.25, 0.3) is 0 Å². The largest absolute Gasteiger partial charge is 0.364 e. The molecule has 0 amide bonds. The second-order valence-electron chi connectivity index (χ2n) is 3.76. The predicted octanol–water partition coefficient (Wildman–Crippen LogP) is 2.26. The van der Waals surface area contributed by atoms with Gasteiger partial charge in [0.2, 0.25) is 0 Å². The van der Waals surface area contributed by atoms with Gasteiger partial charge in [-0.1, -0.05) is 13.0 Å². The molecule has 0 bridgehead atoms. The molecule has 3 nitrogen and oxygen atoms in total. The molecule has 84 valence electrons. The third kappa shape index (κ3) is 2.70. The van der Waals surface area contributed by atoms with E-state index in [2.05, 4.69) is 34.3 Å². The van der Waals surface area contributed by atoms with E-state index in [0.717, 1.165) is 25.2 Å². The van der Waals surface area contributed by atoms with Gasteiger partial charge < -0.3 is 10.3 Å². The fourth-order valence-electron chi connectivity index (χ4n) is 1.75. The van der Waals surface area contributed by atoms with Crippen molar-refractivity contribution < 1.29 is 0 Å². The van der Waals surface area contributed by atoms with Crippen LogP contribution in [0, 0.1) is 0 Å². The average Bonchev–Trinajstić information content (AvgIpc) is 2.83. The number of hydrogen-bond acceptors (Lipinski definition) is 2. The van der Waals surface area contributed by atoms with Crippen LogP contribution in [0.1, 0.15) is 23.9 Å². The zero-order chi connectivity index (χ0) is 11.2. The fourth-order valence-corrected chi connectivity index (χ4v) is 1.75. The topological polar surface area (TPSA) is 40.7 Å². The highest BCUT2D eigenvalue weighted by molar-refractivity contribution is 5.19. The number of aryl methyl sites for hydroxylation is 1. The summed E-state index contributed by atoms with van der Waals surface area (Å²) in [5, 5.41) is 3.39. The summed E-state index contributed by atoms with van der Waals surface area (Å²) in [6, 6.07) is 8.22. The Labute approximate surface area is 95.9 Å². The molecule has 0 spiro atoms. The molecular formula is C13H17N3. The molecule has 0 saturated carbocycles. The Hall–Kier alpha value is -1.61. The number of nitrogens with one attached hydrogen (secondary N) is 2. The van der Waals surface area contributed by atoms with Crippen LogP contribution >= 0.6 is 0 Å². The number of aromatic nitrogens is 2. The van der Waals surface area contributed by atoms with Gasteiger partial charge in [0.05, 0.1) is 5.69 Å². The molecule has 2 heterocycles. The van der Waals surface area contributed by atoms with Gasteiger partial charge in [-0.15, -0.1) is 0 Å². The van der Waals surface area contributed by atoms with Gasteiger partial charge in [-0.2, -0.15) is 0 Å². The molecule has 0 saturated heterocycles. The van der Waals surface area contributed by atoms with Crippen LogP contribution in [0.3, 0.4) is 0 Å². The Bertz CT molecular complexity index is 421. The molecular weight excluding hydrogens is 198 g/mol. The quantitative estimate of drug-likeness (QED) is 0.803. The van der Waals surface area contributed by atoms with E-state index >= 15 is 0 Å². The minimum absolute atomic E-state index is 0.822. The number of nitrogens with zero attached hydrogens (tertiary/aromatic N) is 1. The molecule has 0 aliphatic heterocycles. The van der Waals surface area contributed by atoms with E-state index < -0.39 is 0 Å². The van der Waals surface area contributed by atoms with Crippen molar-refractivity contribution in [3.8, 4) is 0 Å². The van der Waals surface area contributed by atoms with E-state index in [0.29, 0.717) is 0 Å². The van der Waals surface area contributed by atoms with E-state index in [1.54, 1.807) is 0 Å². The lowest BCUT2D eigenvalue weighted by molar-refractivity contribution is 0.664. The summed E-state index contributed by atoms with van der Waals surface area (Å²) in [5.41, 5.74) is 3.67. The van der Waals surface area contributed by atoms with Crippen molar-refractivity contribution in [3.63, 3.8) is 0 Å². The molecule has 3 heteroatoms. The van der Waals surface area contributed by atoms with E-state index in [1.165, 1.54) is 11.3 Å². The summed E-state index contributed by atoms with van der Waals surface area (Å²) in [7, 11) is 0. The van der Waals surface area contributed by atoms with Gasteiger partial charge in [0, 0.05) is 31.2 Å². The lowest BCUT2D eigenvalue weighted by Crippen LogP contribution is -2.15. The monoisotopic (exact) mass is 215 g/mol. The summed E-state index contributed by atoms with van der Waals surface area (Å²) in [6.45, 7) is 3.83. The highest BCUT2D eigenvalue weighted by Crippen LogP contribution is 2.05. The SMILES string of the molecule is CCc1cccnc1CNCc1ccc[nH]1. The van der Waals surface area contributed by atoms with Crippen LogP contribution in [-0.4, -0.2) is 9.97 Å². The summed E-state index contributed by atoms with van der Waals surface area (Å²) in [6.07, 6.45) is 4.83. The number of hydrogen-bond donors (Lipinski definition) is 2. The molecule has 16 heavy (non-hydrogen) atoms. The van der Waals surface area contributed by atoms with Crippen LogP contribution in [0.15, 0.2) is 36.7 Å². The van der Waals surface area contributed by atoms with Crippen molar-refractivity contribution in [3.05, 3.63) is 53.6 Å². The van der Waals surface area contributed by atoms with E-state index in [-0.39, 0.29) is 0 Å². The van der Waals surface area contributed by atoms with Gasteiger partial charge in [0.15, 0.2) is 0 Å². The van der Waals surface area contributed by atoms with Gasteiger partial charge in [0.1, 0.15) is 0 Å². The molecule has 0 aliphatic rings. The molecule has 2 aromatic heterocycles. The molecule has 0 unspecified atom stereocenters.